The molecule has 0 aromatic heterocycles. The minimum Gasteiger partial charge on any atom is -0.447 e. The highest BCUT2D eigenvalue weighted by molar-refractivity contribution is 5.96. The number of carbonyl (C=O) groups is 3. The fourth-order valence-corrected chi connectivity index (χ4v) is 7.92. The Labute approximate surface area is 195 Å². The van der Waals surface area contributed by atoms with Crippen LogP contribution in [0, 0.1) is 28.6 Å². The van der Waals surface area contributed by atoms with Crippen molar-refractivity contribution in [2.45, 2.75) is 70.8 Å². The van der Waals surface area contributed by atoms with Crippen molar-refractivity contribution < 1.29 is 24.2 Å². The van der Waals surface area contributed by atoms with Gasteiger partial charge in [-0.15, -0.1) is 0 Å². The molecule has 0 saturated heterocycles. The molecule has 3 saturated carbocycles. The number of allylic oxidation sites excluding steroid dienone is 2. The first-order valence-corrected chi connectivity index (χ1v) is 12.4. The van der Waals surface area contributed by atoms with Crippen molar-refractivity contribution in [2.24, 2.45) is 28.6 Å². The SMILES string of the molecule is C[C@]12CC=C3[C@@H](CC[C@H]4CC(=O)CC[C@]34C)[C@@H]1CC[C@]2(OC(=O)c1ccccc1)C(=O)CO. The van der Waals surface area contributed by atoms with Gasteiger partial charge in [-0.05, 0) is 73.8 Å². The molecule has 1 aromatic carbocycles. The maximum Gasteiger partial charge on any atom is 0.339 e. The number of Topliss-reactive ketones (excluding diaryl/α,β-unsaturated/α-hetero) is 2. The van der Waals surface area contributed by atoms with E-state index in [0.29, 0.717) is 48.9 Å². The first kappa shape index (κ1) is 22.5. The van der Waals surface area contributed by atoms with E-state index in [1.165, 1.54) is 5.57 Å². The first-order chi connectivity index (χ1) is 15.7. The van der Waals surface area contributed by atoms with Crippen LogP contribution >= 0.6 is 0 Å². The lowest BCUT2D eigenvalue weighted by Crippen LogP contribution is -2.58. The number of hydrogen-bond donors (Lipinski definition) is 1. The molecule has 5 rings (SSSR count). The van der Waals surface area contributed by atoms with Crippen LogP contribution in [0.5, 0.6) is 0 Å². The summed E-state index contributed by atoms with van der Waals surface area (Å²) in [5.74, 6) is 0.450. The smallest absolute Gasteiger partial charge is 0.339 e. The summed E-state index contributed by atoms with van der Waals surface area (Å²) in [5, 5.41) is 9.91. The molecule has 3 fully saturated rings. The van der Waals surface area contributed by atoms with Gasteiger partial charge in [0.05, 0.1) is 5.56 Å². The molecule has 0 bridgehead atoms. The fourth-order valence-electron chi connectivity index (χ4n) is 7.92. The molecule has 1 N–H and O–H groups in total. The highest BCUT2D eigenvalue weighted by Crippen LogP contribution is 2.67. The lowest BCUT2D eigenvalue weighted by atomic mass is 9.48. The molecular formula is C28H34O5. The zero-order valence-corrected chi connectivity index (χ0v) is 19.6. The number of ketones is 2. The van der Waals surface area contributed by atoms with Crippen LogP contribution in [0.4, 0.5) is 0 Å². The molecule has 1 aromatic rings. The number of esters is 1. The van der Waals surface area contributed by atoms with Gasteiger partial charge in [0.15, 0.2) is 5.60 Å². The van der Waals surface area contributed by atoms with Gasteiger partial charge in [-0.25, -0.2) is 4.79 Å². The summed E-state index contributed by atoms with van der Waals surface area (Å²) in [6, 6.07) is 8.78. The number of hydrogen-bond acceptors (Lipinski definition) is 5. The molecule has 0 heterocycles. The predicted molar refractivity (Wildman–Crippen MR) is 123 cm³/mol. The zero-order valence-electron chi connectivity index (χ0n) is 19.6. The number of aliphatic hydroxyl groups is 1. The summed E-state index contributed by atoms with van der Waals surface area (Å²) >= 11 is 0. The molecular weight excluding hydrogens is 416 g/mol. The fraction of sp³-hybridized carbons (Fsp3) is 0.607. The molecule has 0 aliphatic heterocycles. The zero-order chi connectivity index (χ0) is 23.4. The third kappa shape index (κ3) is 3.18. The van der Waals surface area contributed by atoms with Crippen molar-refractivity contribution in [3.8, 4) is 0 Å². The largest absolute Gasteiger partial charge is 0.447 e. The number of fused-ring (bicyclic) bond motifs is 5. The van der Waals surface area contributed by atoms with Gasteiger partial charge < -0.3 is 9.84 Å². The van der Waals surface area contributed by atoms with Gasteiger partial charge in [0.1, 0.15) is 12.4 Å². The second-order valence-corrected chi connectivity index (χ2v) is 11.1. The van der Waals surface area contributed by atoms with Crippen LogP contribution in [0.15, 0.2) is 42.0 Å². The number of carbonyl (C=O) groups excluding carboxylic acids is 3. The van der Waals surface area contributed by atoms with Gasteiger partial charge in [0, 0.05) is 18.3 Å². The average molecular weight is 451 g/mol. The summed E-state index contributed by atoms with van der Waals surface area (Å²) < 4.78 is 6.11. The molecule has 176 valence electrons. The van der Waals surface area contributed by atoms with E-state index in [1.807, 2.05) is 6.07 Å². The molecule has 0 unspecified atom stereocenters. The summed E-state index contributed by atoms with van der Waals surface area (Å²) in [6.45, 7) is 3.79. The Morgan fingerprint density at radius 1 is 1.09 bits per heavy atom. The molecule has 4 aliphatic carbocycles. The lowest BCUT2D eigenvalue weighted by Gasteiger charge is -2.56. The van der Waals surface area contributed by atoms with Crippen LogP contribution in [0.2, 0.25) is 0 Å². The van der Waals surface area contributed by atoms with Crippen molar-refractivity contribution in [3.63, 3.8) is 0 Å². The second kappa shape index (κ2) is 7.90. The molecule has 0 radical (unpaired) electrons. The number of aliphatic hydroxyl groups excluding tert-OH is 1. The Morgan fingerprint density at radius 2 is 1.85 bits per heavy atom. The molecule has 5 nitrogen and oxygen atoms in total. The monoisotopic (exact) mass is 450 g/mol. The molecule has 33 heavy (non-hydrogen) atoms. The van der Waals surface area contributed by atoms with Crippen molar-refractivity contribution in [1.82, 2.24) is 0 Å². The lowest BCUT2D eigenvalue weighted by molar-refractivity contribution is -0.157. The number of benzene rings is 1. The van der Waals surface area contributed by atoms with Crippen LogP contribution in [0.1, 0.15) is 75.6 Å². The average Bonchev–Trinajstić information content (AvgIpc) is 3.12. The van der Waals surface area contributed by atoms with Crippen LogP contribution in [0.25, 0.3) is 0 Å². The number of rotatable bonds is 4. The van der Waals surface area contributed by atoms with E-state index in [1.54, 1.807) is 24.3 Å². The Morgan fingerprint density at radius 3 is 2.58 bits per heavy atom. The van der Waals surface area contributed by atoms with Crippen molar-refractivity contribution >= 4 is 17.5 Å². The van der Waals surface area contributed by atoms with E-state index in [2.05, 4.69) is 19.9 Å². The molecule has 4 aliphatic rings. The predicted octanol–water partition coefficient (Wildman–Crippen LogP) is 4.68. The number of ether oxygens (including phenoxy) is 1. The van der Waals surface area contributed by atoms with Crippen LogP contribution < -0.4 is 0 Å². The van der Waals surface area contributed by atoms with Gasteiger partial charge >= 0.3 is 5.97 Å². The quantitative estimate of drug-likeness (QED) is 0.532. The summed E-state index contributed by atoms with van der Waals surface area (Å²) in [6.07, 6.45) is 8.49. The highest BCUT2D eigenvalue weighted by atomic mass is 16.6. The van der Waals surface area contributed by atoms with Gasteiger partial charge in [-0.3, -0.25) is 9.59 Å². The summed E-state index contributed by atoms with van der Waals surface area (Å²) in [5.41, 5.74) is 0.0586. The normalized spacial score (nSPS) is 39.7. The Hall–Kier alpha value is -2.27. The Bertz CT molecular complexity index is 1010. The maximum atomic E-state index is 13.3. The van der Waals surface area contributed by atoms with Crippen LogP contribution in [-0.4, -0.2) is 34.9 Å². The Kier molecular flexibility index (Phi) is 5.39. The van der Waals surface area contributed by atoms with Crippen LogP contribution in [0.3, 0.4) is 0 Å². The minimum absolute atomic E-state index is 0.0467. The van der Waals surface area contributed by atoms with E-state index in [4.69, 9.17) is 4.74 Å². The Balaban J connectivity index is 1.51. The third-order valence-electron chi connectivity index (χ3n) is 9.83. The van der Waals surface area contributed by atoms with E-state index in [9.17, 15) is 19.5 Å². The van der Waals surface area contributed by atoms with Gasteiger partial charge in [0.2, 0.25) is 5.78 Å². The van der Waals surface area contributed by atoms with Crippen LogP contribution in [-0.2, 0) is 14.3 Å². The van der Waals surface area contributed by atoms with E-state index in [-0.39, 0.29) is 11.3 Å². The second-order valence-electron chi connectivity index (χ2n) is 11.1. The highest BCUT2D eigenvalue weighted by Gasteiger charge is 2.67. The molecule has 0 spiro atoms. The molecule has 6 atom stereocenters. The standard InChI is InChI=1S/C28H34O5/c1-26-13-10-20(30)16-19(26)8-9-21-22(26)11-14-27(2)23(21)12-15-28(27,24(31)17-29)33-25(32)18-6-4-3-5-7-18/h3-7,11,19,21,23,29H,8-10,12-17H2,1-2H3/t19-,21+,23-,26-,27-,28-/m0/s1. The minimum atomic E-state index is -1.32. The van der Waals surface area contributed by atoms with Gasteiger partial charge in [-0.1, -0.05) is 43.7 Å². The van der Waals surface area contributed by atoms with Gasteiger partial charge in [-0.2, -0.15) is 0 Å². The molecule has 5 heteroatoms. The van der Waals surface area contributed by atoms with E-state index >= 15 is 0 Å². The third-order valence-corrected chi connectivity index (χ3v) is 9.83. The van der Waals surface area contributed by atoms with Crippen molar-refractivity contribution in [1.29, 1.82) is 0 Å². The topological polar surface area (TPSA) is 80.7 Å². The van der Waals surface area contributed by atoms with Crippen molar-refractivity contribution in [3.05, 3.63) is 47.5 Å². The van der Waals surface area contributed by atoms with Gasteiger partial charge in [0.25, 0.3) is 0 Å². The van der Waals surface area contributed by atoms with E-state index < -0.39 is 29.4 Å². The molecule has 0 amide bonds. The summed E-state index contributed by atoms with van der Waals surface area (Å²) in [7, 11) is 0. The van der Waals surface area contributed by atoms with E-state index in [0.717, 1.165) is 25.7 Å². The summed E-state index contributed by atoms with van der Waals surface area (Å²) in [4.78, 5) is 38.5. The van der Waals surface area contributed by atoms with Crippen molar-refractivity contribution in [2.75, 3.05) is 6.61 Å². The maximum absolute atomic E-state index is 13.3. The first-order valence-electron chi connectivity index (χ1n) is 12.4.